The molecule has 8 heteroatoms. The molecule has 0 aliphatic rings. The summed E-state index contributed by atoms with van der Waals surface area (Å²) in [6.45, 7) is 0. The molecule has 1 aromatic heterocycles. The van der Waals surface area contributed by atoms with Crippen LogP contribution in [-0.4, -0.2) is 4.98 Å². The lowest BCUT2D eigenvalue weighted by molar-refractivity contribution is -0.140. The molecule has 0 unspecified atom stereocenters. The molecule has 2 N–H and O–H groups in total. The molecule has 0 aliphatic carbocycles. The Morgan fingerprint density at radius 1 is 1.33 bits per heavy atom. The summed E-state index contributed by atoms with van der Waals surface area (Å²) >= 11 is 5.17. The van der Waals surface area contributed by atoms with Gasteiger partial charge in [0, 0.05) is 5.56 Å². The van der Waals surface area contributed by atoms with E-state index in [9.17, 15) is 22.0 Å². The lowest BCUT2D eigenvalue weighted by Crippen LogP contribution is -2.14. The Bertz CT molecular complexity index is 376. The van der Waals surface area contributed by atoms with Gasteiger partial charge in [0.2, 0.25) is 0 Å². The maximum absolute atomic E-state index is 12.2. The normalized spacial score (nSPS) is 12.2. The monoisotopic (exact) mass is 246 g/mol. The van der Waals surface area contributed by atoms with Crippen molar-refractivity contribution >= 4 is 17.3 Å². The summed E-state index contributed by atoms with van der Waals surface area (Å²) in [7, 11) is 0. The topological polar surface area (TPSA) is 38.9 Å². The van der Waals surface area contributed by atoms with Crippen molar-refractivity contribution in [3.63, 3.8) is 0 Å². The number of nitrogens with two attached hydrogens (primary N) is 1. The predicted octanol–water partition coefficient (Wildman–Crippen LogP) is 3.27. The van der Waals surface area contributed by atoms with Gasteiger partial charge in [0.25, 0.3) is 6.43 Å². The first kappa shape index (κ1) is 12.0. The summed E-state index contributed by atoms with van der Waals surface area (Å²) in [4.78, 5) is 2.87. The van der Waals surface area contributed by atoms with Gasteiger partial charge in [-0.2, -0.15) is 13.2 Å². The average Bonchev–Trinajstić information content (AvgIpc) is 2.06. The molecule has 1 heterocycles. The highest BCUT2D eigenvalue weighted by Gasteiger charge is 2.37. The fourth-order valence-electron chi connectivity index (χ4n) is 0.939. The number of nitrogens with zero attached hydrogens (tertiary/aromatic N) is 1. The van der Waals surface area contributed by atoms with E-state index >= 15 is 0 Å². The second kappa shape index (κ2) is 3.80. The fraction of sp³-hybridized carbons (Fsp3) is 0.286. The van der Waals surface area contributed by atoms with Crippen LogP contribution in [0.2, 0.25) is 5.15 Å². The third-order valence-corrected chi connectivity index (χ3v) is 1.76. The van der Waals surface area contributed by atoms with E-state index < -0.39 is 34.7 Å². The Balaban J connectivity index is 3.42. The van der Waals surface area contributed by atoms with Crippen molar-refractivity contribution in [2.75, 3.05) is 5.73 Å². The molecule has 0 fully saturated rings. The van der Waals surface area contributed by atoms with Gasteiger partial charge in [0.15, 0.2) is 5.69 Å². The number of nitrogen functional groups attached to an aromatic ring is 1. The largest absolute Gasteiger partial charge is 0.435 e. The molecule has 1 aromatic rings. The van der Waals surface area contributed by atoms with E-state index in [1.165, 1.54) is 0 Å². The number of hydrogen-bond donors (Lipinski definition) is 1. The van der Waals surface area contributed by atoms with Gasteiger partial charge >= 0.3 is 6.18 Å². The van der Waals surface area contributed by atoms with Crippen molar-refractivity contribution in [3.8, 4) is 0 Å². The molecular weight excluding hydrogens is 243 g/mol. The third kappa shape index (κ3) is 2.47. The summed E-state index contributed by atoms with van der Waals surface area (Å²) in [5.74, 6) is 0. The first-order valence-electron chi connectivity index (χ1n) is 3.54. The van der Waals surface area contributed by atoms with Crippen LogP contribution in [0.15, 0.2) is 6.07 Å². The Morgan fingerprint density at radius 3 is 2.27 bits per heavy atom. The van der Waals surface area contributed by atoms with Crippen molar-refractivity contribution < 1.29 is 22.0 Å². The zero-order chi connectivity index (χ0) is 11.8. The highest BCUT2D eigenvalue weighted by atomic mass is 35.5. The lowest BCUT2D eigenvalue weighted by atomic mass is 10.2. The van der Waals surface area contributed by atoms with Crippen molar-refractivity contribution in [2.24, 2.45) is 0 Å². The van der Waals surface area contributed by atoms with Crippen LogP contribution in [0.25, 0.3) is 0 Å². The standard InChI is InChI=1S/C7H4ClF5N2/c8-3-1-2(6(9)10)4(14)5(15-3)7(11,12)13/h1,6H,14H2. The lowest BCUT2D eigenvalue weighted by Gasteiger charge is -2.12. The average molecular weight is 247 g/mol. The molecule has 0 radical (unpaired) electrons. The molecule has 0 saturated heterocycles. The van der Waals surface area contributed by atoms with Crippen LogP contribution >= 0.6 is 11.6 Å². The van der Waals surface area contributed by atoms with Gasteiger partial charge in [0.1, 0.15) is 5.15 Å². The molecule has 1 rings (SSSR count). The summed E-state index contributed by atoms with van der Waals surface area (Å²) in [5, 5.41) is -0.674. The molecule has 0 atom stereocenters. The predicted molar refractivity (Wildman–Crippen MR) is 43.6 cm³/mol. The molecule has 2 nitrogen and oxygen atoms in total. The van der Waals surface area contributed by atoms with Crippen LogP contribution in [0.5, 0.6) is 0 Å². The minimum absolute atomic E-state index is 0.608. The van der Waals surface area contributed by atoms with E-state index in [1.807, 2.05) is 0 Å². The Kier molecular flexibility index (Phi) is 3.03. The molecule has 0 saturated carbocycles. The third-order valence-electron chi connectivity index (χ3n) is 1.56. The second-order valence-corrected chi connectivity index (χ2v) is 2.98. The van der Waals surface area contributed by atoms with Gasteiger partial charge in [-0.3, -0.25) is 0 Å². The van der Waals surface area contributed by atoms with E-state index in [4.69, 9.17) is 17.3 Å². The van der Waals surface area contributed by atoms with Gasteiger partial charge in [-0.05, 0) is 6.07 Å². The van der Waals surface area contributed by atoms with E-state index in [1.54, 1.807) is 0 Å². The Labute approximate surface area is 85.9 Å². The van der Waals surface area contributed by atoms with Crippen LogP contribution in [0.3, 0.4) is 0 Å². The number of aromatic nitrogens is 1. The highest BCUT2D eigenvalue weighted by molar-refractivity contribution is 6.29. The maximum Gasteiger partial charge on any atom is 0.435 e. The summed E-state index contributed by atoms with van der Waals surface area (Å²) in [5.41, 5.74) is 1.26. The van der Waals surface area contributed by atoms with Crippen LogP contribution in [0, 0.1) is 0 Å². The van der Waals surface area contributed by atoms with Gasteiger partial charge in [-0.1, -0.05) is 11.6 Å². The van der Waals surface area contributed by atoms with Gasteiger partial charge in [0.05, 0.1) is 5.69 Å². The molecular formula is C7H4ClF5N2. The zero-order valence-electron chi connectivity index (χ0n) is 6.95. The van der Waals surface area contributed by atoms with E-state index in [0.717, 1.165) is 0 Å². The van der Waals surface area contributed by atoms with E-state index in [-0.39, 0.29) is 0 Å². The van der Waals surface area contributed by atoms with Crippen LogP contribution < -0.4 is 5.73 Å². The van der Waals surface area contributed by atoms with Crippen LogP contribution in [0.4, 0.5) is 27.6 Å². The van der Waals surface area contributed by atoms with E-state index in [2.05, 4.69) is 4.98 Å². The molecule has 0 spiro atoms. The van der Waals surface area contributed by atoms with Crippen LogP contribution in [-0.2, 0) is 6.18 Å². The van der Waals surface area contributed by atoms with Gasteiger partial charge in [-0.25, -0.2) is 13.8 Å². The molecule has 0 aliphatic heterocycles. The van der Waals surface area contributed by atoms with Crippen molar-refractivity contribution in [3.05, 3.63) is 22.5 Å². The van der Waals surface area contributed by atoms with Crippen molar-refractivity contribution in [2.45, 2.75) is 12.6 Å². The second-order valence-electron chi connectivity index (χ2n) is 2.59. The summed E-state index contributed by atoms with van der Waals surface area (Å²) < 4.78 is 61.2. The maximum atomic E-state index is 12.2. The van der Waals surface area contributed by atoms with Crippen molar-refractivity contribution in [1.82, 2.24) is 4.98 Å². The van der Waals surface area contributed by atoms with E-state index in [0.29, 0.717) is 6.07 Å². The quantitative estimate of drug-likeness (QED) is 0.610. The number of halogens is 6. The molecule has 84 valence electrons. The first-order chi connectivity index (χ1) is 6.73. The number of hydrogen-bond acceptors (Lipinski definition) is 2. The molecule has 15 heavy (non-hydrogen) atoms. The Morgan fingerprint density at radius 2 is 1.87 bits per heavy atom. The number of alkyl halides is 5. The Hall–Kier alpha value is -1.11. The van der Waals surface area contributed by atoms with Gasteiger partial charge < -0.3 is 5.73 Å². The minimum Gasteiger partial charge on any atom is -0.397 e. The summed E-state index contributed by atoms with van der Waals surface area (Å²) in [6.07, 6.45) is -8.04. The number of pyridine rings is 1. The first-order valence-corrected chi connectivity index (χ1v) is 3.92. The van der Waals surface area contributed by atoms with Gasteiger partial charge in [-0.15, -0.1) is 0 Å². The fourth-order valence-corrected chi connectivity index (χ4v) is 1.14. The van der Waals surface area contributed by atoms with Crippen LogP contribution in [0.1, 0.15) is 17.7 Å². The molecule has 0 bridgehead atoms. The zero-order valence-corrected chi connectivity index (χ0v) is 7.70. The number of anilines is 1. The number of rotatable bonds is 1. The van der Waals surface area contributed by atoms with Crippen molar-refractivity contribution in [1.29, 1.82) is 0 Å². The summed E-state index contributed by atoms with van der Waals surface area (Å²) in [6, 6.07) is 0.608. The highest BCUT2D eigenvalue weighted by Crippen LogP contribution is 2.37. The molecule has 0 amide bonds. The molecule has 0 aromatic carbocycles. The SMILES string of the molecule is Nc1c(C(F)F)cc(Cl)nc1C(F)(F)F. The minimum atomic E-state index is -4.90. The smallest absolute Gasteiger partial charge is 0.397 e.